The van der Waals surface area contributed by atoms with Crippen molar-refractivity contribution in [2.75, 3.05) is 6.54 Å². The molecule has 4 rings (SSSR count). The van der Waals surface area contributed by atoms with Crippen LogP contribution in [0.5, 0.6) is 11.5 Å². The fraction of sp³-hybridized carbons (Fsp3) is 0.300. The second-order valence-electron chi connectivity index (χ2n) is 6.45. The maximum absolute atomic E-state index is 11.7. The van der Waals surface area contributed by atoms with Gasteiger partial charge in [-0.25, -0.2) is 0 Å². The van der Waals surface area contributed by atoms with Gasteiger partial charge in [-0.3, -0.25) is 9.59 Å². The fourth-order valence-electron chi connectivity index (χ4n) is 3.89. The number of fused-ring (bicyclic) bond motifs is 2. The van der Waals surface area contributed by atoms with Crippen LogP contribution in [-0.4, -0.2) is 18.5 Å². The van der Waals surface area contributed by atoms with Crippen LogP contribution in [0.25, 0.3) is 11.1 Å². The average molecular weight is 337 g/mol. The van der Waals surface area contributed by atoms with Crippen molar-refractivity contribution in [2.24, 2.45) is 0 Å². The third-order valence-electron chi connectivity index (χ3n) is 4.73. The van der Waals surface area contributed by atoms with Crippen molar-refractivity contribution in [1.29, 1.82) is 0 Å². The number of rotatable bonds is 2. The Hall–Kier alpha value is -2.66. The molecule has 1 aliphatic carbocycles. The summed E-state index contributed by atoms with van der Waals surface area (Å²) in [4.78, 5) is 23.1. The molecule has 0 saturated carbocycles. The van der Waals surface area contributed by atoms with E-state index in [1.54, 1.807) is 6.07 Å². The molecule has 2 aromatic carbocycles. The Balaban J connectivity index is 1.97. The Morgan fingerprint density at radius 1 is 1.04 bits per heavy atom. The van der Waals surface area contributed by atoms with Gasteiger partial charge in [0.1, 0.15) is 0 Å². The van der Waals surface area contributed by atoms with Crippen molar-refractivity contribution in [1.82, 2.24) is 5.32 Å². The Morgan fingerprint density at radius 3 is 2.60 bits per heavy atom. The minimum atomic E-state index is -0.446. The second kappa shape index (κ2) is 6.01. The molecule has 128 valence electrons. The molecule has 0 amide bonds. The zero-order chi connectivity index (χ0) is 17.6. The molecule has 2 aliphatic rings. The van der Waals surface area contributed by atoms with Gasteiger partial charge in [0.2, 0.25) is 0 Å². The van der Waals surface area contributed by atoms with Crippen LogP contribution in [0.4, 0.5) is 0 Å². The highest BCUT2D eigenvalue weighted by molar-refractivity contribution is 5.86. The van der Waals surface area contributed by atoms with Crippen LogP contribution in [0.2, 0.25) is 0 Å². The van der Waals surface area contributed by atoms with Gasteiger partial charge in [0.05, 0.1) is 0 Å². The van der Waals surface area contributed by atoms with E-state index in [2.05, 4.69) is 11.4 Å². The molecule has 1 N–H and O–H groups in total. The molecule has 25 heavy (non-hydrogen) atoms. The van der Waals surface area contributed by atoms with Gasteiger partial charge in [-0.05, 0) is 47.7 Å². The Kier molecular flexibility index (Phi) is 3.81. The highest BCUT2D eigenvalue weighted by atomic mass is 16.6. The number of nitrogens with one attached hydrogen (secondary N) is 1. The van der Waals surface area contributed by atoms with Gasteiger partial charge >= 0.3 is 11.9 Å². The monoisotopic (exact) mass is 337 g/mol. The summed E-state index contributed by atoms with van der Waals surface area (Å²) < 4.78 is 10.8. The third-order valence-corrected chi connectivity index (χ3v) is 4.73. The highest BCUT2D eigenvalue weighted by Crippen LogP contribution is 2.49. The lowest BCUT2D eigenvalue weighted by molar-refractivity contribution is -0.134. The van der Waals surface area contributed by atoms with E-state index in [-0.39, 0.29) is 11.8 Å². The third kappa shape index (κ3) is 2.70. The summed E-state index contributed by atoms with van der Waals surface area (Å²) in [7, 11) is 0. The number of hydrogen-bond acceptors (Lipinski definition) is 5. The van der Waals surface area contributed by atoms with Gasteiger partial charge in [-0.15, -0.1) is 0 Å². The topological polar surface area (TPSA) is 64.6 Å². The van der Waals surface area contributed by atoms with Gasteiger partial charge in [0.25, 0.3) is 0 Å². The molecule has 0 spiro atoms. The van der Waals surface area contributed by atoms with Crippen molar-refractivity contribution >= 4 is 11.9 Å². The molecular weight excluding hydrogens is 318 g/mol. The maximum atomic E-state index is 11.7. The normalized spacial score (nSPS) is 17.3. The Labute approximate surface area is 145 Å². The van der Waals surface area contributed by atoms with Crippen LogP contribution in [0.15, 0.2) is 30.3 Å². The summed E-state index contributed by atoms with van der Waals surface area (Å²) in [5.41, 5.74) is 5.55. The molecule has 1 unspecified atom stereocenters. The molecule has 1 aliphatic heterocycles. The Morgan fingerprint density at radius 2 is 1.84 bits per heavy atom. The van der Waals surface area contributed by atoms with Gasteiger partial charge in [-0.1, -0.05) is 24.3 Å². The van der Waals surface area contributed by atoms with Crippen LogP contribution < -0.4 is 14.8 Å². The van der Waals surface area contributed by atoms with Crippen molar-refractivity contribution in [3.8, 4) is 22.6 Å². The van der Waals surface area contributed by atoms with Crippen LogP contribution in [0, 0.1) is 0 Å². The van der Waals surface area contributed by atoms with Gasteiger partial charge in [0.15, 0.2) is 11.5 Å². The molecule has 0 radical (unpaired) electrons. The highest BCUT2D eigenvalue weighted by Gasteiger charge is 2.32. The molecule has 0 fully saturated rings. The van der Waals surface area contributed by atoms with Crippen molar-refractivity contribution < 1.29 is 19.1 Å². The van der Waals surface area contributed by atoms with Gasteiger partial charge < -0.3 is 14.8 Å². The zero-order valence-electron chi connectivity index (χ0n) is 14.2. The first-order valence-electron chi connectivity index (χ1n) is 8.43. The summed E-state index contributed by atoms with van der Waals surface area (Å²) in [6.07, 6.45) is 1.79. The largest absolute Gasteiger partial charge is 0.423 e. The first-order valence-corrected chi connectivity index (χ1v) is 8.43. The van der Waals surface area contributed by atoms with Gasteiger partial charge in [0, 0.05) is 25.5 Å². The summed E-state index contributed by atoms with van der Waals surface area (Å²) in [6.45, 7) is 3.64. The average Bonchev–Trinajstić information content (AvgIpc) is 2.56. The number of carbonyl (C=O) groups is 2. The standard InChI is InChI=1S/C20H19NO4/c1-11(22)24-17-7-6-14-10-16-18-13(8-9-21-16)4-3-5-15(18)19(14)20(17)25-12(2)23/h3-7,16,21H,8-10H2,1-2H3. The lowest BCUT2D eigenvalue weighted by Gasteiger charge is -2.35. The number of benzene rings is 2. The van der Waals surface area contributed by atoms with Crippen LogP contribution in [0.3, 0.4) is 0 Å². The quantitative estimate of drug-likeness (QED) is 0.674. The van der Waals surface area contributed by atoms with E-state index >= 15 is 0 Å². The van der Waals surface area contributed by atoms with Crippen molar-refractivity contribution in [2.45, 2.75) is 32.7 Å². The molecule has 0 aromatic heterocycles. The number of esters is 2. The fourth-order valence-corrected chi connectivity index (χ4v) is 3.89. The Bertz CT molecular complexity index is 888. The predicted octanol–water partition coefficient (Wildman–Crippen LogP) is 2.95. The first-order chi connectivity index (χ1) is 12.0. The molecular formula is C20H19NO4. The van der Waals surface area contributed by atoms with Crippen LogP contribution in [-0.2, 0) is 22.4 Å². The first kappa shape index (κ1) is 15.8. The predicted molar refractivity (Wildman–Crippen MR) is 92.6 cm³/mol. The van der Waals surface area contributed by atoms with E-state index in [4.69, 9.17) is 9.47 Å². The van der Waals surface area contributed by atoms with Crippen LogP contribution >= 0.6 is 0 Å². The summed E-state index contributed by atoms with van der Waals surface area (Å²) in [5, 5.41) is 3.57. The summed E-state index contributed by atoms with van der Waals surface area (Å²) in [5.74, 6) is -0.274. The van der Waals surface area contributed by atoms with E-state index in [9.17, 15) is 9.59 Å². The minimum Gasteiger partial charge on any atom is -0.423 e. The van der Waals surface area contributed by atoms with E-state index in [1.807, 2.05) is 18.2 Å². The SMILES string of the molecule is CC(=O)Oc1ccc2c(c1OC(C)=O)-c1cccc3c1C(C2)NCC3. The van der Waals surface area contributed by atoms with E-state index in [0.29, 0.717) is 5.75 Å². The lowest BCUT2D eigenvalue weighted by atomic mass is 9.77. The minimum absolute atomic E-state index is 0.261. The molecule has 5 nitrogen and oxygen atoms in total. The summed E-state index contributed by atoms with van der Waals surface area (Å²) >= 11 is 0. The van der Waals surface area contributed by atoms with E-state index < -0.39 is 11.9 Å². The van der Waals surface area contributed by atoms with Crippen LogP contribution in [0.1, 0.15) is 36.6 Å². The lowest BCUT2D eigenvalue weighted by Crippen LogP contribution is -2.33. The molecule has 1 atom stereocenters. The number of hydrogen-bond donors (Lipinski definition) is 1. The zero-order valence-corrected chi connectivity index (χ0v) is 14.2. The number of ether oxygens (including phenoxy) is 2. The second-order valence-corrected chi connectivity index (χ2v) is 6.45. The maximum Gasteiger partial charge on any atom is 0.308 e. The number of carbonyl (C=O) groups excluding carboxylic acids is 2. The molecule has 5 heteroatoms. The molecule has 1 heterocycles. The molecule has 0 bridgehead atoms. The van der Waals surface area contributed by atoms with E-state index in [1.165, 1.54) is 25.0 Å². The van der Waals surface area contributed by atoms with Gasteiger partial charge in [-0.2, -0.15) is 0 Å². The van der Waals surface area contributed by atoms with E-state index in [0.717, 1.165) is 36.1 Å². The van der Waals surface area contributed by atoms with Crippen molar-refractivity contribution in [3.63, 3.8) is 0 Å². The molecule has 0 saturated heterocycles. The molecule has 2 aromatic rings. The van der Waals surface area contributed by atoms with Crippen molar-refractivity contribution in [3.05, 3.63) is 47.0 Å². The smallest absolute Gasteiger partial charge is 0.308 e. The summed E-state index contributed by atoms with van der Waals surface area (Å²) in [6, 6.07) is 10.1.